The average Bonchev–Trinajstić information content (AvgIpc) is 2.82. The van der Waals surface area contributed by atoms with Crippen LogP contribution in [0, 0.1) is 5.82 Å². The zero-order valence-corrected chi connectivity index (χ0v) is 19.8. The number of rotatable bonds is 5. The molecule has 0 bridgehead atoms. The molecule has 2 N–H and O–H groups in total. The molecule has 1 atom stereocenters. The molecular formula is C26H25FN4O2S. The second-order valence-electron chi connectivity index (χ2n) is 8.73. The Labute approximate surface area is 201 Å². The van der Waals surface area contributed by atoms with E-state index in [2.05, 4.69) is 15.3 Å². The summed E-state index contributed by atoms with van der Waals surface area (Å²) in [6, 6.07) is 14.5. The number of thioether (sulfide) groups is 1. The van der Waals surface area contributed by atoms with Crippen LogP contribution in [-0.4, -0.2) is 29.8 Å². The second kappa shape index (κ2) is 9.10. The number of nitrogens with one attached hydrogen (secondary N) is 2. The number of anilines is 2. The number of fused-ring (bicyclic) bond motifs is 1. The smallest absolute Gasteiger partial charge is 0.257 e. The average molecular weight is 477 g/mol. The molecule has 6 nitrogen and oxygen atoms in total. The monoisotopic (exact) mass is 476 g/mol. The van der Waals surface area contributed by atoms with Crippen LogP contribution >= 0.6 is 11.8 Å². The number of hydrogen-bond donors (Lipinski definition) is 2. The predicted molar refractivity (Wildman–Crippen MR) is 133 cm³/mol. The van der Waals surface area contributed by atoms with Crippen LogP contribution in [0.15, 0.2) is 69.8 Å². The van der Waals surface area contributed by atoms with Gasteiger partial charge in [-0.3, -0.25) is 9.59 Å². The quantitative estimate of drug-likeness (QED) is 0.406. The molecule has 2 heterocycles. The van der Waals surface area contributed by atoms with Crippen LogP contribution in [0.2, 0.25) is 0 Å². The van der Waals surface area contributed by atoms with E-state index in [9.17, 15) is 14.0 Å². The Morgan fingerprint density at radius 3 is 2.59 bits per heavy atom. The first-order chi connectivity index (χ1) is 16.4. The maximum atomic E-state index is 14.0. The van der Waals surface area contributed by atoms with Gasteiger partial charge in [-0.05, 0) is 42.2 Å². The van der Waals surface area contributed by atoms with Crippen molar-refractivity contribution in [2.45, 2.75) is 36.1 Å². The number of halogens is 1. The molecular weight excluding hydrogens is 451 g/mol. The van der Waals surface area contributed by atoms with Gasteiger partial charge in [0.05, 0.1) is 5.56 Å². The summed E-state index contributed by atoms with van der Waals surface area (Å²) < 4.78 is 14.0. The van der Waals surface area contributed by atoms with E-state index in [1.165, 1.54) is 17.8 Å². The lowest BCUT2D eigenvalue weighted by Crippen LogP contribution is -2.32. The van der Waals surface area contributed by atoms with Gasteiger partial charge in [0.15, 0.2) is 10.9 Å². The zero-order chi connectivity index (χ0) is 23.8. The number of allylic oxidation sites excluding steroid dienone is 2. The molecule has 1 aliphatic carbocycles. The summed E-state index contributed by atoms with van der Waals surface area (Å²) in [6.07, 6.45) is 1.98. The highest BCUT2D eigenvalue weighted by molar-refractivity contribution is 7.98. The lowest BCUT2D eigenvalue weighted by molar-refractivity contribution is -0.116. The fraction of sp³-hybridized carbons (Fsp3) is 0.269. The molecule has 2 aliphatic rings. The van der Waals surface area contributed by atoms with Crippen molar-refractivity contribution in [2.75, 3.05) is 24.3 Å². The normalized spacial score (nSPS) is 17.1. The first-order valence-corrected chi connectivity index (χ1v) is 12.2. The SMILES string of the molecule is CN(C)c1ccc([C@H]2C3=C(CCCC3=O)Nc3nc(SCc4ccccc4F)[nH]c(=O)c32)cc1. The van der Waals surface area contributed by atoms with E-state index in [4.69, 9.17) is 0 Å². The third-order valence-electron chi connectivity index (χ3n) is 6.30. The van der Waals surface area contributed by atoms with Gasteiger partial charge in [-0.15, -0.1) is 0 Å². The first kappa shape index (κ1) is 22.4. The van der Waals surface area contributed by atoms with E-state index in [1.807, 2.05) is 43.3 Å². The summed E-state index contributed by atoms with van der Waals surface area (Å²) in [5, 5.41) is 3.69. The summed E-state index contributed by atoms with van der Waals surface area (Å²) in [6.45, 7) is 0. The Balaban J connectivity index is 1.55. The highest BCUT2D eigenvalue weighted by Crippen LogP contribution is 2.43. The lowest BCUT2D eigenvalue weighted by atomic mass is 9.76. The van der Waals surface area contributed by atoms with E-state index in [1.54, 1.807) is 18.2 Å². The number of ketones is 1. The van der Waals surface area contributed by atoms with Crippen LogP contribution in [0.1, 0.15) is 41.9 Å². The Kier molecular flexibility index (Phi) is 6.00. The van der Waals surface area contributed by atoms with Crippen molar-refractivity contribution in [3.8, 4) is 0 Å². The van der Waals surface area contributed by atoms with Gasteiger partial charge in [0, 0.05) is 49.1 Å². The standard InChI is InChI=1S/C26H25FN4O2S/c1-31(2)17-12-10-15(11-13-17)21-22-19(8-5-9-20(22)32)28-24-23(21)25(33)30-26(29-24)34-14-16-6-3-4-7-18(16)27/h3-4,6-7,10-13,21H,5,8-9,14H2,1-2H3,(H2,28,29,30,33)/t21-/m0/s1. The highest BCUT2D eigenvalue weighted by Gasteiger charge is 2.37. The molecule has 0 saturated carbocycles. The van der Waals surface area contributed by atoms with Crippen LogP contribution in [-0.2, 0) is 10.5 Å². The Morgan fingerprint density at radius 2 is 1.85 bits per heavy atom. The van der Waals surface area contributed by atoms with Gasteiger partial charge in [-0.25, -0.2) is 9.37 Å². The summed E-state index contributed by atoms with van der Waals surface area (Å²) in [7, 11) is 3.94. The van der Waals surface area contributed by atoms with E-state index in [0.29, 0.717) is 39.8 Å². The van der Waals surface area contributed by atoms with Crippen LogP contribution in [0.4, 0.5) is 15.9 Å². The van der Waals surface area contributed by atoms with Gasteiger partial charge in [-0.1, -0.05) is 42.1 Å². The Morgan fingerprint density at radius 1 is 1.09 bits per heavy atom. The third kappa shape index (κ3) is 4.14. The van der Waals surface area contributed by atoms with Crippen molar-refractivity contribution in [2.24, 2.45) is 0 Å². The van der Waals surface area contributed by atoms with Crippen molar-refractivity contribution < 1.29 is 9.18 Å². The van der Waals surface area contributed by atoms with Crippen molar-refractivity contribution in [3.63, 3.8) is 0 Å². The second-order valence-corrected chi connectivity index (χ2v) is 9.69. The minimum atomic E-state index is -0.475. The molecule has 0 saturated heterocycles. The van der Waals surface area contributed by atoms with Crippen molar-refractivity contribution in [3.05, 3.63) is 92.7 Å². The topological polar surface area (TPSA) is 78.1 Å². The van der Waals surface area contributed by atoms with E-state index < -0.39 is 5.92 Å². The van der Waals surface area contributed by atoms with Crippen LogP contribution in [0.3, 0.4) is 0 Å². The number of nitrogens with zero attached hydrogens (tertiary/aromatic N) is 2. The number of aromatic nitrogens is 2. The number of carbonyl (C=O) groups is 1. The van der Waals surface area contributed by atoms with Gasteiger partial charge in [0.25, 0.3) is 5.56 Å². The van der Waals surface area contributed by atoms with Crippen molar-refractivity contribution in [1.82, 2.24) is 9.97 Å². The minimum Gasteiger partial charge on any atom is -0.378 e. The molecule has 5 rings (SSSR count). The highest BCUT2D eigenvalue weighted by atomic mass is 32.2. The molecule has 1 aliphatic heterocycles. The van der Waals surface area contributed by atoms with Crippen LogP contribution < -0.4 is 15.8 Å². The fourth-order valence-corrected chi connectivity index (χ4v) is 5.42. The summed E-state index contributed by atoms with van der Waals surface area (Å²) in [5.74, 6) is 0.117. The predicted octanol–water partition coefficient (Wildman–Crippen LogP) is 4.83. The summed E-state index contributed by atoms with van der Waals surface area (Å²) >= 11 is 1.27. The first-order valence-electron chi connectivity index (χ1n) is 11.2. The number of H-pyrrole nitrogens is 1. The Hall–Kier alpha value is -3.39. The van der Waals surface area contributed by atoms with Gasteiger partial charge >= 0.3 is 0 Å². The van der Waals surface area contributed by atoms with Crippen molar-refractivity contribution in [1.29, 1.82) is 0 Å². The lowest BCUT2D eigenvalue weighted by Gasteiger charge is -2.33. The number of aromatic amines is 1. The molecule has 1 aromatic heterocycles. The molecule has 3 aromatic rings. The Bertz CT molecular complexity index is 1350. The number of Topliss-reactive ketones (excluding diaryl/α,β-unsaturated/α-hetero) is 1. The fourth-order valence-electron chi connectivity index (χ4n) is 4.57. The minimum absolute atomic E-state index is 0.0680. The molecule has 0 amide bonds. The third-order valence-corrected chi connectivity index (χ3v) is 7.22. The van der Waals surface area contributed by atoms with Gasteiger partial charge in [0.2, 0.25) is 0 Å². The zero-order valence-electron chi connectivity index (χ0n) is 19.0. The van der Waals surface area contributed by atoms with Gasteiger partial charge in [0.1, 0.15) is 11.6 Å². The summed E-state index contributed by atoms with van der Waals surface area (Å²) in [5.41, 5.74) is 4.12. The maximum absolute atomic E-state index is 14.0. The molecule has 0 unspecified atom stereocenters. The number of benzene rings is 2. The molecule has 34 heavy (non-hydrogen) atoms. The van der Waals surface area contributed by atoms with Crippen LogP contribution in [0.5, 0.6) is 0 Å². The van der Waals surface area contributed by atoms with E-state index in [0.717, 1.165) is 29.8 Å². The van der Waals surface area contributed by atoms with Crippen LogP contribution in [0.25, 0.3) is 0 Å². The van der Waals surface area contributed by atoms with Gasteiger partial charge in [-0.2, -0.15) is 0 Å². The maximum Gasteiger partial charge on any atom is 0.257 e. The van der Waals surface area contributed by atoms with E-state index in [-0.39, 0.29) is 17.2 Å². The largest absolute Gasteiger partial charge is 0.378 e. The molecule has 0 fully saturated rings. The molecule has 0 radical (unpaired) electrons. The molecule has 2 aromatic carbocycles. The van der Waals surface area contributed by atoms with E-state index >= 15 is 0 Å². The van der Waals surface area contributed by atoms with Crippen molar-refractivity contribution >= 4 is 29.1 Å². The molecule has 8 heteroatoms. The molecule has 174 valence electrons. The van der Waals surface area contributed by atoms with Gasteiger partial charge < -0.3 is 15.2 Å². The number of hydrogen-bond acceptors (Lipinski definition) is 6. The molecule has 0 spiro atoms. The summed E-state index contributed by atoms with van der Waals surface area (Å²) in [4.78, 5) is 35.9. The number of carbonyl (C=O) groups excluding carboxylic acids is 1.